The molecule has 0 aliphatic rings. The minimum atomic E-state index is -0.489. The molecular weight excluding hydrogens is 220 g/mol. The Kier molecular flexibility index (Phi) is 3.98. The topological polar surface area (TPSA) is 97.2 Å². The van der Waals surface area contributed by atoms with Crippen molar-refractivity contribution in [2.24, 2.45) is 0 Å². The number of hydrogen-bond acceptors (Lipinski definition) is 6. The summed E-state index contributed by atoms with van der Waals surface area (Å²) in [6.07, 6.45) is 1.20. The van der Waals surface area contributed by atoms with Crippen molar-refractivity contribution in [2.75, 3.05) is 18.4 Å². The van der Waals surface area contributed by atoms with Crippen molar-refractivity contribution in [1.29, 1.82) is 0 Å². The van der Waals surface area contributed by atoms with E-state index in [0.29, 0.717) is 18.2 Å². The molecule has 0 aromatic carbocycles. The monoisotopic (exact) mass is 230 g/mol. The molecule has 2 N–H and O–H groups in total. The SMILES string of the molecule is CC(=O)NCCNc1ncc([N+](=O)[O-])s1. The Morgan fingerprint density at radius 1 is 1.67 bits per heavy atom. The molecular formula is C7H10N4O3S. The highest BCUT2D eigenvalue weighted by Crippen LogP contribution is 2.24. The summed E-state index contributed by atoms with van der Waals surface area (Å²) in [6.45, 7) is 2.38. The molecule has 82 valence electrons. The highest BCUT2D eigenvalue weighted by molar-refractivity contribution is 7.18. The average Bonchev–Trinajstić information content (AvgIpc) is 2.60. The van der Waals surface area contributed by atoms with Crippen LogP contribution in [0.2, 0.25) is 0 Å². The molecule has 15 heavy (non-hydrogen) atoms. The Balaban J connectivity index is 2.31. The van der Waals surface area contributed by atoms with Gasteiger partial charge in [0.15, 0.2) is 5.13 Å². The standard InChI is InChI=1S/C7H10N4O3S/c1-5(12)8-2-3-9-7-10-4-6(15-7)11(13)14/h4H,2-3H2,1H3,(H,8,12)(H,9,10). The van der Waals surface area contributed by atoms with Gasteiger partial charge >= 0.3 is 5.00 Å². The lowest BCUT2D eigenvalue weighted by atomic mass is 10.6. The van der Waals surface area contributed by atoms with Gasteiger partial charge in [-0.2, -0.15) is 0 Å². The molecule has 0 aliphatic carbocycles. The summed E-state index contributed by atoms with van der Waals surface area (Å²) in [5.74, 6) is -0.109. The predicted octanol–water partition coefficient (Wildman–Crippen LogP) is 0.599. The van der Waals surface area contributed by atoms with Gasteiger partial charge in [0.25, 0.3) is 0 Å². The van der Waals surface area contributed by atoms with Crippen LogP contribution in [-0.2, 0) is 4.79 Å². The molecule has 0 bridgehead atoms. The van der Waals surface area contributed by atoms with E-state index in [-0.39, 0.29) is 10.9 Å². The van der Waals surface area contributed by atoms with Crippen molar-refractivity contribution >= 4 is 27.4 Å². The predicted molar refractivity (Wildman–Crippen MR) is 55.9 cm³/mol. The van der Waals surface area contributed by atoms with Crippen molar-refractivity contribution in [1.82, 2.24) is 10.3 Å². The summed E-state index contributed by atoms with van der Waals surface area (Å²) in [7, 11) is 0. The van der Waals surface area contributed by atoms with Crippen LogP contribution in [0.1, 0.15) is 6.92 Å². The van der Waals surface area contributed by atoms with E-state index < -0.39 is 4.92 Å². The Morgan fingerprint density at radius 3 is 2.93 bits per heavy atom. The first kappa shape index (κ1) is 11.4. The molecule has 8 heteroatoms. The Bertz CT molecular complexity index is 365. The van der Waals surface area contributed by atoms with Crippen molar-refractivity contribution < 1.29 is 9.72 Å². The van der Waals surface area contributed by atoms with Crippen molar-refractivity contribution in [3.8, 4) is 0 Å². The fraction of sp³-hybridized carbons (Fsp3) is 0.429. The number of hydrogen-bond donors (Lipinski definition) is 2. The van der Waals surface area contributed by atoms with Crippen LogP contribution in [0.3, 0.4) is 0 Å². The first-order chi connectivity index (χ1) is 7.09. The molecule has 0 saturated heterocycles. The van der Waals surface area contributed by atoms with Gasteiger partial charge in [-0.1, -0.05) is 0 Å². The first-order valence-electron chi connectivity index (χ1n) is 4.18. The second-order valence-corrected chi connectivity index (χ2v) is 3.68. The van der Waals surface area contributed by atoms with E-state index >= 15 is 0 Å². The first-order valence-corrected chi connectivity index (χ1v) is 5.00. The number of anilines is 1. The molecule has 1 heterocycles. The summed E-state index contributed by atoms with van der Waals surface area (Å²) < 4.78 is 0. The summed E-state index contributed by atoms with van der Waals surface area (Å²) in [4.78, 5) is 24.1. The zero-order valence-corrected chi connectivity index (χ0v) is 8.84. The molecule has 0 fully saturated rings. The van der Waals surface area contributed by atoms with Crippen molar-refractivity contribution in [3.05, 3.63) is 16.3 Å². The Hall–Kier alpha value is -1.70. The van der Waals surface area contributed by atoms with Crippen LogP contribution in [0.5, 0.6) is 0 Å². The lowest BCUT2D eigenvalue weighted by Crippen LogP contribution is -2.26. The summed E-state index contributed by atoms with van der Waals surface area (Å²) in [5, 5.41) is 16.3. The van der Waals surface area contributed by atoms with Crippen LogP contribution in [0, 0.1) is 10.1 Å². The molecule has 0 saturated carbocycles. The van der Waals surface area contributed by atoms with E-state index in [1.807, 2.05) is 0 Å². The second kappa shape index (κ2) is 5.25. The van der Waals surface area contributed by atoms with Gasteiger partial charge in [-0.25, -0.2) is 4.98 Å². The minimum Gasteiger partial charge on any atom is -0.360 e. The van der Waals surface area contributed by atoms with Gasteiger partial charge in [-0.3, -0.25) is 14.9 Å². The minimum absolute atomic E-state index is 0.00275. The van der Waals surface area contributed by atoms with E-state index in [0.717, 1.165) is 11.3 Å². The number of carbonyl (C=O) groups excluding carboxylic acids is 1. The zero-order valence-electron chi connectivity index (χ0n) is 8.02. The van der Waals surface area contributed by atoms with E-state index in [4.69, 9.17) is 0 Å². The highest BCUT2D eigenvalue weighted by atomic mass is 32.1. The maximum Gasteiger partial charge on any atom is 0.345 e. The third kappa shape index (κ3) is 3.90. The lowest BCUT2D eigenvalue weighted by molar-refractivity contribution is -0.380. The Morgan fingerprint density at radius 2 is 2.40 bits per heavy atom. The van der Waals surface area contributed by atoms with Gasteiger partial charge in [0.2, 0.25) is 5.91 Å². The van der Waals surface area contributed by atoms with Gasteiger partial charge in [-0.15, -0.1) is 0 Å². The van der Waals surface area contributed by atoms with Crippen molar-refractivity contribution in [3.63, 3.8) is 0 Å². The number of aromatic nitrogens is 1. The maximum atomic E-state index is 10.5. The third-order valence-electron chi connectivity index (χ3n) is 1.45. The molecule has 1 amide bonds. The number of nitrogens with zero attached hydrogens (tertiary/aromatic N) is 2. The quantitative estimate of drug-likeness (QED) is 0.438. The van der Waals surface area contributed by atoms with Gasteiger partial charge in [0.1, 0.15) is 6.20 Å². The number of nitrogens with one attached hydrogen (secondary N) is 2. The smallest absolute Gasteiger partial charge is 0.345 e. The molecule has 0 atom stereocenters. The molecule has 1 aromatic rings. The van der Waals surface area contributed by atoms with Crippen LogP contribution in [0.25, 0.3) is 0 Å². The fourth-order valence-corrected chi connectivity index (χ4v) is 1.50. The second-order valence-electron chi connectivity index (χ2n) is 2.67. The Labute approximate surface area is 89.7 Å². The third-order valence-corrected chi connectivity index (χ3v) is 2.36. The number of carbonyl (C=O) groups is 1. The van der Waals surface area contributed by atoms with Crippen molar-refractivity contribution in [2.45, 2.75) is 6.92 Å². The lowest BCUT2D eigenvalue weighted by Gasteiger charge is -2.01. The molecule has 0 radical (unpaired) electrons. The van der Waals surface area contributed by atoms with E-state index in [1.165, 1.54) is 13.1 Å². The zero-order chi connectivity index (χ0) is 11.3. The van der Waals surface area contributed by atoms with E-state index in [2.05, 4.69) is 15.6 Å². The van der Waals surface area contributed by atoms with Gasteiger partial charge in [0.05, 0.1) is 4.92 Å². The molecule has 0 unspecified atom stereocenters. The van der Waals surface area contributed by atoms with Crippen LogP contribution >= 0.6 is 11.3 Å². The van der Waals surface area contributed by atoms with Gasteiger partial charge < -0.3 is 10.6 Å². The van der Waals surface area contributed by atoms with Crippen LogP contribution in [0.15, 0.2) is 6.20 Å². The van der Waals surface area contributed by atoms with E-state index in [1.54, 1.807) is 0 Å². The molecule has 1 aromatic heterocycles. The fourth-order valence-electron chi connectivity index (χ4n) is 0.840. The number of rotatable bonds is 5. The van der Waals surface area contributed by atoms with Crippen LogP contribution in [0.4, 0.5) is 10.1 Å². The summed E-state index contributed by atoms with van der Waals surface area (Å²) in [6, 6.07) is 0. The molecule has 0 aliphatic heterocycles. The normalized spacial score (nSPS) is 9.67. The number of nitro groups is 1. The molecule has 1 rings (SSSR count). The summed E-state index contributed by atoms with van der Waals surface area (Å²) >= 11 is 0.966. The summed E-state index contributed by atoms with van der Waals surface area (Å²) in [5.41, 5.74) is 0. The number of amides is 1. The number of thiazole rings is 1. The average molecular weight is 230 g/mol. The highest BCUT2D eigenvalue weighted by Gasteiger charge is 2.10. The maximum absolute atomic E-state index is 10.5. The molecule has 7 nitrogen and oxygen atoms in total. The van der Waals surface area contributed by atoms with Crippen LogP contribution in [-0.4, -0.2) is 28.9 Å². The van der Waals surface area contributed by atoms with Gasteiger partial charge in [-0.05, 0) is 11.3 Å². The molecule has 0 spiro atoms. The van der Waals surface area contributed by atoms with E-state index in [9.17, 15) is 14.9 Å². The van der Waals surface area contributed by atoms with Crippen LogP contribution < -0.4 is 10.6 Å². The largest absolute Gasteiger partial charge is 0.360 e. The van der Waals surface area contributed by atoms with Gasteiger partial charge in [0, 0.05) is 20.0 Å².